The molecule has 120 valence electrons. The van der Waals surface area contributed by atoms with Crippen LogP contribution in [-0.2, 0) is 4.79 Å². The molecule has 22 heavy (non-hydrogen) atoms. The van der Waals surface area contributed by atoms with E-state index in [0.29, 0.717) is 12.1 Å². The largest absolute Gasteiger partial charge is 0.326 e. The van der Waals surface area contributed by atoms with Gasteiger partial charge < -0.3 is 10.2 Å². The lowest BCUT2D eigenvalue weighted by atomic mass is 10.1. The molecular weight excluding hydrogens is 282 g/mol. The maximum Gasteiger partial charge on any atom is 0.271 e. The summed E-state index contributed by atoms with van der Waals surface area (Å²) in [6.07, 6.45) is 5.37. The number of nitrogens with zero attached hydrogens (tertiary/aromatic N) is 2. The highest BCUT2D eigenvalue weighted by molar-refractivity contribution is 5.92. The lowest BCUT2D eigenvalue weighted by molar-refractivity contribution is -0.384. The number of nitro groups is 1. The van der Waals surface area contributed by atoms with Gasteiger partial charge >= 0.3 is 0 Å². The highest BCUT2D eigenvalue weighted by Gasteiger charge is 2.13. The third-order valence-corrected chi connectivity index (χ3v) is 4.06. The van der Waals surface area contributed by atoms with Crippen molar-refractivity contribution in [2.24, 2.45) is 0 Å². The van der Waals surface area contributed by atoms with E-state index in [4.69, 9.17) is 0 Å². The summed E-state index contributed by atoms with van der Waals surface area (Å²) in [6, 6.07) is 4.52. The maximum absolute atomic E-state index is 12.1. The summed E-state index contributed by atoms with van der Waals surface area (Å²) in [6.45, 7) is 4.69. The molecule has 0 radical (unpaired) electrons. The van der Waals surface area contributed by atoms with E-state index in [1.807, 2.05) is 6.92 Å². The van der Waals surface area contributed by atoms with Crippen molar-refractivity contribution in [2.75, 3.05) is 25.0 Å². The molecule has 1 aromatic rings. The van der Waals surface area contributed by atoms with Gasteiger partial charge in [0.05, 0.1) is 10.6 Å². The molecule has 1 saturated heterocycles. The second-order valence-corrected chi connectivity index (χ2v) is 5.81. The van der Waals surface area contributed by atoms with Crippen LogP contribution in [0.4, 0.5) is 11.4 Å². The minimum absolute atomic E-state index is 0.00609. The van der Waals surface area contributed by atoms with Crippen molar-refractivity contribution in [3.05, 3.63) is 33.9 Å². The fourth-order valence-electron chi connectivity index (χ4n) is 2.69. The third-order valence-electron chi connectivity index (χ3n) is 4.06. The molecule has 1 aromatic carbocycles. The van der Waals surface area contributed by atoms with Gasteiger partial charge in [-0.1, -0.05) is 18.9 Å². The maximum atomic E-state index is 12.1. The number of nitro benzene ring substituents is 1. The monoisotopic (exact) mass is 305 g/mol. The number of amides is 1. The Balaban J connectivity index is 1.88. The summed E-state index contributed by atoms with van der Waals surface area (Å²) < 4.78 is 0. The predicted molar refractivity (Wildman–Crippen MR) is 86.0 cm³/mol. The van der Waals surface area contributed by atoms with Gasteiger partial charge in [-0.25, -0.2) is 0 Å². The fourth-order valence-corrected chi connectivity index (χ4v) is 2.69. The zero-order valence-electron chi connectivity index (χ0n) is 13.0. The Labute approximate surface area is 130 Å². The second-order valence-electron chi connectivity index (χ2n) is 5.81. The number of hydrogen-bond acceptors (Lipinski definition) is 4. The van der Waals surface area contributed by atoms with Crippen LogP contribution in [0.2, 0.25) is 0 Å². The molecule has 1 N–H and O–H groups in total. The van der Waals surface area contributed by atoms with E-state index in [2.05, 4.69) is 10.2 Å². The van der Waals surface area contributed by atoms with Crippen molar-refractivity contribution in [1.82, 2.24) is 4.90 Å². The minimum Gasteiger partial charge on any atom is -0.326 e. The first-order valence-corrected chi connectivity index (χ1v) is 7.83. The van der Waals surface area contributed by atoms with Crippen LogP contribution in [0, 0.1) is 17.0 Å². The number of carbonyl (C=O) groups is 1. The summed E-state index contributed by atoms with van der Waals surface area (Å²) in [5.74, 6) is -0.0900. The molecule has 0 atom stereocenters. The van der Waals surface area contributed by atoms with Gasteiger partial charge in [-0.15, -0.1) is 0 Å². The van der Waals surface area contributed by atoms with Crippen LogP contribution in [0.5, 0.6) is 0 Å². The van der Waals surface area contributed by atoms with Crippen LogP contribution in [0.25, 0.3) is 0 Å². The molecule has 0 aliphatic carbocycles. The molecule has 6 heteroatoms. The van der Waals surface area contributed by atoms with Gasteiger partial charge in [-0.05, 0) is 38.4 Å². The molecule has 1 fully saturated rings. The number of likely N-dealkylation sites (tertiary alicyclic amines) is 1. The molecule has 0 unspecified atom stereocenters. The van der Waals surface area contributed by atoms with Gasteiger partial charge in [0.25, 0.3) is 5.69 Å². The molecule has 1 heterocycles. The van der Waals surface area contributed by atoms with E-state index < -0.39 is 4.92 Å². The van der Waals surface area contributed by atoms with E-state index in [1.165, 1.54) is 37.8 Å². The van der Waals surface area contributed by atoms with Crippen molar-refractivity contribution in [1.29, 1.82) is 0 Å². The van der Waals surface area contributed by atoms with Crippen LogP contribution < -0.4 is 5.32 Å². The lowest BCUT2D eigenvalue weighted by Gasteiger charge is -2.19. The second kappa shape index (κ2) is 7.89. The number of rotatable bonds is 5. The minimum atomic E-state index is -0.452. The Kier molecular flexibility index (Phi) is 5.89. The molecular formula is C16H23N3O3. The normalized spacial score (nSPS) is 16.0. The Hall–Kier alpha value is -1.95. The van der Waals surface area contributed by atoms with Crippen LogP contribution in [0.3, 0.4) is 0 Å². The number of anilines is 1. The van der Waals surface area contributed by atoms with Crippen molar-refractivity contribution in [3.63, 3.8) is 0 Å². The number of non-ortho nitro benzene ring substituents is 1. The average Bonchev–Trinajstić information content (AvgIpc) is 2.76. The van der Waals surface area contributed by atoms with E-state index >= 15 is 0 Å². The quantitative estimate of drug-likeness (QED) is 0.670. The van der Waals surface area contributed by atoms with Crippen LogP contribution >= 0.6 is 0 Å². The first-order valence-electron chi connectivity index (χ1n) is 7.83. The summed E-state index contributed by atoms with van der Waals surface area (Å²) in [5.41, 5.74) is 1.34. The highest BCUT2D eigenvalue weighted by Crippen LogP contribution is 2.22. The Morgan fingerprint density at radius 1 is 1.27 bits per heavy atom. The average molecular weight is 305 g/mol. The summed E-state index contributed by atoms with van der Waals surface area (Å²) in [4.78, 5) is 24.7. The highest BCUT2D eigenvalue weighted by atomic mass is 16.6. The first kappa shape index (κ1) is 16.4. The number of benzene rings is 1. The number of carbonyl (C=O) groups excluding carboxylic acids is 1. The molecule has 2 rings (SSSR count). The molecule has 1 amide bonds. The first-order chi connectivity index (χ1) is 10.6. The molecule has 0 saturated carbocycles. The molecule has 0 aromatic heterocycles. The van der Waals surface area contributed by atoms with Gasteiger partial charge in [-0.3, -0.25) is 14.9 Å². The van der Waals surface area contributed by atoms with E-state index in [-0.39, 0.29) is 11.6 Å². The number of hydrogen-bond donors (Lipinski definition) is 1. The van der Waals surface area contributed by atoms with Crippen LogP contribution in [-0.4, -0.2) is 35.4 Å². The van der Waals surface area contributed by atoms with Gasteiger partial charge in [0.15, 0.2) is 0 Å². The third kappa shape index (κ3) is 4.80. The fraction of sp³-hybridized carbons (Fsp3) is 0.562. The molecule has 1 aliphatic rings. The summed E-state index contributed by atoms with van der Waals surface area (Å²) in [5, 5.41) is 13.6. The van der Waals surface area contributed by atoms with Crippen LogP contribution in [0.1, 0.15) is 37.7 Å². The molecule has 1 aliphatic heterocycles. The Morgan fingerprint density at radius 3 is 2.59 bits per heavy atom. The summed E-state index contributed by atoms with van der Waals surface area (Å²) >= 11 is 0. The SMILES string of the molecule is Cc1ccc([N+](=O)[O-])cc1NC(=O)CCN1CCCCCC1. The lowest BCUT2D eigenvalue weighted by Crippen LogP contribution is -2.28. The summed E-state index contributed by atoms with van der Waals surface area (Å²) in [7, 11) is 0. The van der Waals surface area contributed by atoms with Gasteiger partial charge in [0.2, 0.25) is 5.91 Å². The standard InChI is InChI=1S/C16H23N3O3/c1-13-6-7-14(19(21)22)12-15(13)17-16(20)8-11-18-9-4-2-3-5-10-18/h6-7,12H,2-5,8-11H2,1H3,(H,17,20). The van der Waals surface area contributed by atoms with Gasteiger partial charge in [0.1, 0.15) is 0 Å². The van der Waals surface area contributed by atoms with Gasteiger partial charge in [-0.2, -0.15) is 0 Å². The zero-order chi connectivity index (χ0) is 15.9. The number of aryl methyl sites for hydroxylation is 1. The van der Waals surface area contributed by atoms with E-state index in [1.54, 1.807) is 6.07 Å². The Bertz CT molecular complexity index is 537. The van der Waals surface area contributed by atoms with Crippen molar-refractivity contribution < 1.29 is 9.72 Å². The predicted octanol–water partition coefficient (Wildman–Crippen LogP) is 3.11. The molecule has 0 bridgehead atoms. The van der Waals surface area contributed by atoms with E-state index in [0.717, 1.165) is 25.2 Å². The van der Waals surface area contributed by atoms with E-state index in [9.17, 15) is 14.9 Å². The van der Waals surface area contributed by atoms with Crippen LogP contribution in [0.15, 0.2) is 18.2 Å². The smallest absolute Gasteiger partial charge is 0.271 e. The number of nitrogens with one attached hydrogen (secondary N) is 1. The molecule has 6 nitrogen and oxygen atoms in total. The molecule has 0 spiro atoms. The zero-order valence-corrected chi connectivity index (χ0v) is 13.0. The van der Waals surface area contributed by atoms with Crippen molar-refractivity contribution in [2.45, 2.75) is 39.0 Å². The topological polar surface area (TPSA) is 75.5 Å². The Morgan fingerprint density at radius 2 is 1.95 bits per heavy atom. The van der Waals surface area contributed by atoms with Gasteiger partial charge in [0, 0.05) is 25.1 Å². The van der Waals surface area contributed by atoms with Crippen molar-refractivity contribution >= 4 is 17.3 Å². The van der Waals surface area contributed by atoms with Crippen molar-refractivity contribution in [3.8, 4) is 0 Å².